The summed E-state index contributed by atoms with van der Waals surface area (Å²) < 4.78 is 5.43. The molecule has 1 atom stereocenters. The molecule has 0 unspecified atom stereocenters. The largest absolute Gasteiger partial charge is 0.468 e. The van der Waals surface area contributed by atoms with Gasteiger partial charge in [-0.15, -0.1) is 0 Å². The standard InChI is InChI=1S/C17H23N3O3/c1-10-15(12(3)21)11(2)19-16(10)17(22)18-9-13(20(4)5)14-7-6-8-23-14/h6-8,13,19H,9H2,1-5H3,(H,18,22)/t13-/m0/s1. The molecular weight excluding hydrogens is 294 g/mol. The number of hydrogen-bond donors (Lipinski definition) is 2. The van der Waals surface area contributed by atoms with Crippen molar-refractivity contribution >= 4 is 11.7 Å². The van der Waals surface area contributed by atoms with Crippen molar-refractivity contribution < 1.29 is 14.0 Å². The molecule has 124 valence electrons. The van der Waals surface area contributed by atoms with Crippen molar-refractivity contribution in [1.29, 1.82) is 0 Å². The summed E-state index contributed by atoms with van der Waals surface area (Å²) in [4.78, 5) is 29.1. The number of aromatic amines is 1. The number of aromatic nitrogens is 1. The highest BCUT2D eigenvalue weighted by Gasteiger charge is 2.22. The molecule has 0 saturated heterocycles. The third kappa shape index (κ3) is 3.53. The Hall–Kier alpha value is -2.34. The molecule has 2 heterocycles. The van der Waals surface area contributed by atoms with Gasteiger partial charge in [-0.1, -0.05) is 0 Å². The number of ketones is 1. The quantitative estimate of drug-likeness (QED) is 0.802. The van der Waals surface area contributed by atoms with Crippen LogP contribution in [0.15, 0.2) is 22.8 Å². The molecule has 0 fully saturated rings. The summed E-state index contributed by atoms with van der Waals surface area (Å²) in [6, 6.07) is 3.65. The van der Waals surface area contributed by atoms with Crippen molar-refractivity contribution in [2.45, 2.75) is 26.8 Å². The van der Waals surface area contributed by atoms with E-state index < -0.39 is 0 Å². The van der Waals surface area contributed by atoms with Gasteiger partial charge in [-0.25, -0.2) is 0 Å². The van der Waals surface area contributed by atoms with Crippen LogP contribution >= 0.6 is 0 Å². The third-order valence-corrected chi connectivity index (χ3v) is 3.97. The Bertz CT molecular complexity index is 699. The first-order valence-electron chi connectivity index (χ1n) is 7.51. The second-order valence-corrected chi connectivity index (χ2v) is 5.89. The minimum atomic E-state index is -0.225. The fourth-order valence-electron chi connectivity index (χ4n) is 2.80. The van der Waals surface area contributed by atoms with Crippen LogP contribution in [0.25, 0.3) is 0 Å². The number of nitrogens with one attached hydrogen (secondary N) is 2. The van der Waals surface area contributed by atoms with Gasteiger partial charge in [0.2, 0.25) is 0 Å². The summed E-state index contributed by atoms with van der Waals surface area (Å²) in [6.07, 6.45) is 1.62. The maximum atomic E-state index is 12.4. The number of Topliss-reactive ketones (excluding diaryl/α,β-unsaturated/α-hetero) is 1. The van der Waals surface area contributed by atoms with E-state index >= 15 is 0 Å². The fourth-order valence-corrected chi connectivity index (χ4v) is 2.80. The molecule has 0 aliphatic heterocycles. The predicted molar refractivity (Wildman–Crippen MR) is 87.7 cm³/mol. The number of nitrogens with zero attached hydrogens (tertiary/aromatic N) is 1. The van der Waals surface area contributed by atoms with Crippen LogP contribution < -0.4 is 5.32 Å². The summed E-state index contributed by atoms with van der Waals surface area (Å²) in [7, 11) is 3.86. The van der Waals surface area contributed by atoms with Crippen LogP contribution in [-0.4, -0.2) is 42.2 Å². The van der Waals surface area contributed by atoms with Crippen molar-refractivity contribution in [3.05, 3.63) is 46.7 Å². The normalized spacial score (nSPS) is 12.4. The number of carbonyl (C=O) groups is 2. The minimum absolute atomic E-state index is 0.0444. The maximum absolute atomic E-state index is 12.4. The van der Waals surface area contributed by atoms with E-state index in [4.69, 9.17) is 4.42 Å². The smallest absolute Gasteiger partial charge is 0.268 e. The Morgan fingerprint density at radius 2 is 2.04 bits per heavy atom. The number of rotatable bonds is 6. The van der Waals surface area contributed by atoms with E-state index in [0.29, 0.717) is 23.4 Å². The number of likely N-dealkylation sites (N-methyl/N-ethyl adjacent to an activating group) is 1. The Morgan fingerprint density at radius 3 is 2.52 bits per heavy atom. The van der Waals surface area contributed by atoms with Gasteiger partial charge in [0, 0.05) is 17.8 Å². The highest BCUT2D eigenvalue weighted by Crippen LogP contribution is 2.20. The van der Waals surface area contributed by atoms with Crippen LogP contribution in [0.1, 0.15) is 50.8 Å². The molecule has 6 heteroatoms. The number of carbonyl (C=O) groups excluding carboxylic acids is 2. The van der Waals surface area contributed by atoms with Gasteiger partial charge < -0.3 is 14.7 Å². The monoisotopic (exact) mass is 317 g/mol. The molecule has 0 saturated carbocycles. The van der Waals surface area contributed by atoms with Gasteiger partial charge in [-0.2, -0.15) is 0 Å². The molecule has 1 amide bonds. The van der Waals surface area contributed by atoms with Crippen molar-refractivity contribution in [2.75, 3.05) is 20.6 Å². The number of hydrogen-bond acceptors (Lipinski definition) is 4. The summed E-state index contributed by atoms with van der Waals surface area (Å²) in [6.45, 7) is 5.49. The van der Waals surface area contributed by atoms with Crippen LogP contribution in [0.2, 0.25) is 0 Å². The highest BCUT2D eigenvalue weighted by molar-refractivity contribution is 6.02. The van der Waals surface area contributed by atoms with Crippen molar-refractivity contribution in [3.8, 4) is 0 Å². The lowest BCUT2D eigenvalue weighted by Crippen LogP contribution is -2.34. The van der Waals surface area contributed by atoms with Crippen LogP contribution in [0.3, 0.4) is 0 Å². The van der Waals surface area contributed by atoms with Crippen LogP contribution in [-0.2, 0) is 0 Å². The average Bonchev–Trinajstić information content (AvgIpc) is 3.06. The molecule has 0 bridgehead atoms. The van der Waals surface area contributed by atoms with Gasteiger partial charge in [0.15, 0.2) is 5.78 Å². The zero-order chi connectivity index (χ0) is 17.1. The fraction of sp³-hybridized carbons (Fsp3) is 0.412. The first-order chi connectivity index (χ1) is 10.8. The minimum Gasteiger partial charge on any atom is -0.468 e. The lowest BCUT2D eigenvalue weighted by Gasteiger charge is -2.22. The van der Waals surface area contributed by atoms with E-state index in [1.165, 1.54) is 6.92 Å². The van der Waals surface area contributed by atoms with Gasteiger partial charge in [0.25, 0.3) is 5.91 Å². The molecule has 2 rings (SSSR count). The molecule has 2 aromatic rings. The Kier molecular flexibility index (Phi) is 5.05. The first kappa shape index (κ1) is 17.0. The van der Waals surface area contributed by atoms with Gasteiger partial charge in [-0.05, 0) is 52.6 Å². The van der Waals surface area contributed by atoms with E-state index in [0.717, 1.165) is 11.5 Å². The third-order valence-electron chi connectivity index (χ3n) is 3.97. The van der Waals surface area contributed by atoms with Gasteiger partial charge in [0.1, 0.15) is 11.5 Å². The first-order valence-corrected chi connectivity index (χ1v) is 7.51. The molecule has 6 nitrogen and oxygen atoms in total. The molecule has 0 aromatic carbocycles. The maximum Gasteiger partial charge on any atom is 0.268 e. The number of furan rings is 1. The summed E-state index contributed by atoms with van der Waals surface area (Å²) in [5.41, 5.74) is 2.43. The molecule has 0 aliphatic carbocycles. The number of H-pyrrole nitrogens is 1. The van der Waals surface area contributed by atoms with Gasteiger partial charge in [0.05, 0.1) is 12.3 Å². The van der Waals surface area contributed by atoms with E-state index in [-0.39, 0.29) is 17.7 Å². The SMILES string of the molecule is CC(=O)c1c(C)[nH]c(C(=O)NC[C@@H](c2ccco2)N(C)C)c1C. The van der Waals surface area contributed by atoms with E-state index in [9.17, 15) is 9.59 Å². The molecule has 0 aliphatic rings. The van der Waals surface area contributed by atoms with E-state index in [1.807, 2.05) is 31.1 Å². The van der Waals surface area contributed by atoms with Crippen LogP contribution in [0.4, 0.5) is 0 Å². The molecule has 2 aromatic heterocycles. The second-order valence-electron chi connectivity index (χ2n) is 5.89. The summed E-state index contributed by atoms with van der Waals surface area (Å²) >= 11 is 0. The van der Waals surface area contributed by atoms with Crippen molar-refractivity contribution in [2.24, 2.45) is 0 Å². The lowest BCUT2D eigenvalue weighted by atomic mass is 10.1. The summed E-state index contributed by atoms with van der Waals surface area (Å²) in [5, 5.41) is 2.91. The lowest BCUT2D eigenvalue weighted by molar-refractivity contribution is 0.0933. The molecule has 23 heavy (non-hydrogen) atoms. The van der Waals surface area contributed by atoms with Crippen molar-refractivity contribution in [1.82, 2.24) is 15.2 Å². The zero-order valence-corrected chi connectivity index (χ0v) is 14.2. The van der Waals surface area contributed by atoms with E-state index in [1.54, 1.807) is 20.1 Å². The molecular formula is C17H23N3O3. The number of aryl methyl sites for hydroxylation is 1. The Morgan fingerprint density at radius 1 is 1.35 bits per heavy atom. The second kappa shape index (κ2) is 6.83. The summed E-state index contributed by atoms with van der Waals surface area (Å²) in [5.74, 6) is 0.521. The van der Waals surface area contributed by atoms with Gasteiger partial charge >= 0.3 is 0 Å². The van der Waals surface area contributed by atoms with Gasteiger partial charge in [-0.3, -0.25) is 14.5 Å². The topological polar surface area (TPSA) is 78.3 Å². The average molecular weight is 317 g/mol. The molecule has 0 spiro atoms. The molecule has 2 N–H and O–H groups in total. The zero-order valence-electron chi connectivity index (χ0n) is 14.2. The molecule has 0 radical (unpaired) electrons. The van der Waals surface area contributed by atoms with Crippen LogP contribution in [0, 0.1) is 13.8 Å². The predicted octanol–water partition coefficient (Wildman–Crippen LogP) is 2.46. The van der Waals surface area contributed by atoms with Crippen LogP contribution in [0.5, 0.6) is 0 Å². The highest BCUT2D eigenvalue weighted by atomic mass is 16.3. The Labute approximate surface area is 135 Å². The van der Waals surface area contributed by atoms with Crippen molar-refractivity contribution in [3.63, 3.8) is 0 Å². The van der Waals surface area contributed by atoms with E-state index in [2.05, 4.69) is 10.3 Å². The number of amides is 1. The Balaban J connectivity index is 2.13.